The molecule has 0 aliphatic carbocycles. The van der Waals surface area contributed by atoms with Crippen molar-refractivity contribution in [1.82, 2.24) is 19.2 Å². The van der Waals surface area contributed by atoms with Gasteiger partial charge in [0.15, 0.2) is 11.6 Å². The van der Waals surface area contributed by atoms with Crippen LogP contribution in [0.3, 0.4) is 0 Å². The molecule has 2 aromatic heterocycles. The molecular formula is C26H28F2N4O4. The predicted molar refractivity (Wildman–Crippen MR) is 127 cm³/mol. The predicted octanol–water partition coefficient (Wildman–Crippen LogP) is 4.00. The molecule has 190 valence electrons. The van der Waals surface area contributed by atoms with E-state index in [2.05, 4.69) is 5.10 Å². The third-order valence-corrected chi connectivity index (χ3v) is 7.93. The lowest BCUT2D eigenvalue weighted by Gasteiger charge is -2.59. The summed E-state index contributed by atoms with van der Waals surface area (Å²) in [6.45, 7) is 7.73. The van der Waals surface area contributed by atoms with E-state index in [1.54, 1.807) is 15.7 Å². The molecule has 0 N–H and O–H groups in total. The molecule has 6 rings (SSSR count). The van der Waals surface area contributed by atoms with Crippen LogP contribution in [0.15, 0.2) is 29.5 Å². The Bertz CT molecular complexity index is 1440. The monoisotopic (exact) mass is 498 g/mol. The second-order valence-corrected chi connectivity index (χ2v) is 10.5. The first-order valence-electron chi connectivity index (χ1n) is 12.3. The summed E-state index contributed by atoms with van der Waals surface area (Å²) < 4.78 is 43.4. The average molecular weight is 499 g/mol. The minimum atomic E-state index is -1.18. The smallest absolute Gasteiger partial charge is 0.259 e. The molecule has 1 aromatic carbocycles. The van der Waals surface area contributed by atoms with Crippen molar-refractivity contribution in [2.45, 2.75) is 51.7 Å². The Labute approximate surface area is 206 Å². The van der Waals surface area contributed by atoms with Crippen LogP contribution in [0.1, 0.15) is 67.7 Å². The second-order valence-electron chi connectivity index (χ2n) is 10.5. The van der Waals surface area contributed by atoms with Crippen LogP contribution >= 0.6 is 0 Å². The van der Waals surface area contributed by atoms with Gasteiger partial charge in [-0.15, -0.1) is 0 Å². The van der Waals surface area contributed by atoms with E-state index in [0.717, 1.165) is 24.5 Å². The molecule has 2 saturated heterocycles. The normalized spacial score (nSPS) is 22.7. The van der Waals surface area contributed by atoms with Gasteiger partial charge in [-0.2, -0.15) is 9.49 Å². The minimum Gasteiger partial charge on any atom is -0.486 e. The number of amides is 1. The van der Waals surface area contributed by atoms with E-state index < -0.39 is 23.0 Å². The number of ether oxygens (including phenoxy) is 2. The molecule has 2 unspecified atom stereocenters. The number of rotatable bonds is 3. The van der Waals surface area contributed by atoms with Gasteiger partial charge in [0, 0.05) is 49.2 Å². The first kappa shape index (κ1) is 23.1. The Morgan fingerprint density at radius 3 is 2.67 bits per heavy atom. The molecule has 36 heavy (non-hydrogen) atoms. The van der Waals surface area contributed by atoms with E-state index in [-0.39, 0.29) is 52.4 Å². The zero-order valence-corrected chi connectivity index (χ0v) is 20.5. The van der Waals surface area contributed by atoms with Crippen molar-refractivity contribution >= 4 is 16.8 Å². The zero-order chi connectivity index (χ0) is 25.4. The van der Waals surface area contributed by atoms with Crippen molar-refractivity contribution in [3.05, 3.63) is 57.6 Å². The van der Waals surface area contributed by atoms with Crippen molar-refractivity contribution in [3.63, 3.8) is 0 Å². The highest BCUT2D eigenvalue weighted by Crippen LogP contribution is 2.55. The van der Waals surface area contributed by atoms with Gasteiger partial charge in [0.2, 0.25) is 11.2 Å². The van der Waals surface area contributed by atoms with Gasteiger partial charge in [-0.1, -0.05) is 0 Å². The first-order valence-corrected chi connectivity index (χ1v) is 12.3. The Balaban J connectivity index is 1.46. The number of hydrogen-bond donors (Lipinski definition) is 0. The molecule has 2 fully saturated rings. The van der Waals surface area contributed by atoms with Gasteiger partial charge < -0.3 is 18.9 Å². The number of carbonyl (C=O) groups is 1. The summed E-state index contributed by atoms with van der Waals surface area (Å²) in [7, 11) is 0. The highest BCUT2D eigenvalue weighted by Gasteiger charge is 2.56. The standard InChI is InChI=1S/C26H28F2N4O4/c1-14(2)32-10-16(9-29-32)24-26(4-6-35-7-5-26)13-31(24)25(34)18-11-30-15(3)12-36-23-20(28)19(27)8-17(21(23)30)22(18)33/h8-11,14-15,24H,4-7,12-13H2,1-3H3. The summed E-state index contributed by atoms with van der Waals surface area (Å²) in [5.74, 6) is -3.02. The molecule has 3 aliphatic rings. The van der Waals surface area contributed by atoms with Crippen LogP contribution in [0.4, 0.5) is 8.78 Å². The van der Waals surface area contributed by atoms with Crippen LogP contribution in [0.2, 0.25) is 0 Å². The number of aromatic nitrogens is 3. The van der Waals surface area contributed by atoms with Crippen LogP contribution in [0.5, 0.6) is 5.75 Å². The summed E-state index contributed by atoms with van der Waals surface area (Å²) >= 11 is 0. The number of hydrogen-bond acceptors (Lipinski definition) is 5. The second kappa shape index (κ2) is 8.12. The highest BCUT2D eigenvalue weighted by molar-refractivity contribution is 5.99. The van der Waals surface area contributed by atoms with Crippen LogP contribution in [0.25, 0.3) is 10.9 Å². The van der Waals surface area contributed by atoms with Crippen molar-refractivity contribution in [2.75, 3.05) is 26.4 Å². The van der Waals surface area contributed by atoms with Gasteiger partial charge in [-0.25, -0.2) is 4.39 Å². The van der Waals surface area contributed by atoms with Gasteiger partial charge in [0.25, 0.3) is 5.91 Å². The molecule has 0 bridgehead atoms. The fraction of sp³-hybridized carbons (Fsp3) is 0.500. The third kappa shape index (κ3) is 3.23. The summed E-state index contributed by atoms with van der Waals surface area (Å²) in [6, 6.07) is 0.514. The lowest BCUT2D eigenvalue weighted by molar-refractivity contribution is -0.115. The van der Waals surface area contributed by atoms with E-state index in [0.29, 0.717) is 19.8 Å². The first-order chi connectivity index (χ1) is 17.2. The lowest BCUT2D eigenvalue weighted by Crippen LogP contribution is -2.62. The summed E-state index contributed by atoms with van der Waals surface area (Å²) in [6.07, 6.45) is 6.84. The lowest BCUT2D eigenvalue weighted by atomic mass is 9.64. The van der Waals surface area contributed by atoms with Crippen molar-refractivity contribution in [2.24, 2.45) is 5.41 Å². The molecule has 10 heteroatoms. The molecule has 5 heterocycles. The number of halogens is 2. The summed E-state index contributed by atoms with van der Waals surface area (Å²) in [5, 5.41) is 4.42. The Morgan fingerprint density at radius 1 is 1.22 bits per heavy atom. The van der Waals surface area contributed by atoms with Crippen LogP contribution < -0.4 is 10.2 Å². The maximum absolute atomic E-state index is 14.4. The summed E-state index contributed by atoms with van der Waals surface area (Å²) in [5.41, 5.74) is 0.256. The number of likely N-dealkylation sites (tertiary alicyclic amines) is 1. The SMILES string of the molecule is CC(C)n1cc(C2N(C(=O)c3cn4c5c(c(F)c(F)cc5c3=O)OCC4C)CC23CCOCC3)cn1. The van der Waals surface area contributed by atoms with E-state index in [4.69, 9.17) is 9.47 Å². The topological polar surface area (TPSA) is 78.6 Å². The molecule has 0 saturated carbocycles. The average Bonchev–Trinajstić information content (AvgIpc) is 3.33. The minimum absolute atomic E-state index is 0.0589. The fourth-order valence-electron chi connectivity index (χ4n) is 5.94. The molecule has 1 amide bonds. The fourth-order valence-corrected chi connectivity index (χ4v) is 5.94. The Morgan fingerprint density at radius 2 is 1.97 bits per heavy atom. The molecule has 1 spiro atoms. The van der Waals surface area contributed by atoms with E-state index in [1.165, 1.54) is 6.20 Å². The summed E-state index contributed by atoms with van der Waals surface area (Å²) in [4.78, 5) is 29.1. The van der Waals surface area contributed by atoms with Gasteiger partial charge in [0.1, 0.15) is 12.2 Å². The quantitative estimate of drug-likeness (QED) is 0.546. The molecule has 8 nitrogen and oxygen atoms in total. The molecule has 3 aliphatic heterocycles. The largest absolute Gasteiger partial charge is 0.486 e. The molecular weight excluding hydrogens is 470 g/mol. The van der Waals surface area contributed by atoms with Gasteiger partial charge >= 0.3 is 0 Å². The van der Waals surface area contributed by atoms with Gasteiger partial charge in [-0.05, 0) is 39.7 Å². The van der Waals surface area contributed by atoms with Crippen LogP contribution in [0, 0.1) is 17.0 Å². The van der Waals surface area contributed by atoms with Crippen molar-refractivity contribution in [1.29, 1.82) is 0 Å². The van der Waals surface area contributed by atoms with E-state index in [1.807, 2.05) is 31.6 Å². The Kier molecular flexibility index (Phi) is 5.22. The molecule has 0 radical (unpaired) electrons. The Hall–Kier alpha value is -3.27. The molecule has 2 atom stereocenters. The van der Waals surface area contributed by atoms with Crippen LogP contribution in [-0.2, 0) is 4.74 Å². The highest BCUT2D eigenvalue weighted by atomic mass is 19.2. The zero-order valence-electron chi connectivity index (χ0n) is 20.5. The van der Waals surface area contributed by atoms with Crippen molar-refractivity contribution < 1.29 is 23.0 Å². The maximum atomic E-state index is 14.4. The number of benzene rings is 1. The van der Waals surface area contributed by atoms with Crippen LogP contribution in [-0.4, -0.2) is 51.5 Å². The maximum Gasteiger partial charge on any atom is 0.259 e. The molecule has 3 aromatic rings. The van der Waals surface area contributed by atoms with E-state index in [9.17, 15) is 18.4 Å². The number of carbonyl (C=O) groups excluding carboxylic acids is 1. The third-order valence-electron chi connectivity index (χ3n) is 7.93. The number of pyridine rings is 1. The van der Waals surface area contributed by atoms with Gasteiger partial charge in [0.05, 0.1) is 29.2 Å². The number of nitrogens with zero attached hydrogens (tertiary/aromatic N) is 4. The van der Waals surface area contributed by atoms with Crippen molar-refractivity contribution in [3.8, 4) is 5.75 Å². The van der Waals surface area contributed by atoms with E-state index >= 15 is 0 Å². The van der Waals surface area contributed by atoms with Gasteiger partial charge in [-0.3, -0.25) is 14.3 Å².